The number of hydrogen-bond donors (Lipinski definition) is 0. The van der Waals surface area contributed by atoms with E-state index in [0.29, 0.717) is 17.5 Å². The molecule has 0 atom stereocenters. The van der Waals surface area contributed by atoms with Crippen LogP contribution >= 0.6 is 23.1 Å². The fourth-order valence-electron chi connectivity index (χ4n) is 2.20. The van der Waals surface area contributed by atoms with Crippen LogP contribution in [0.4, 0.5) is 0 Å². The van der Waals surface area contributed by atoms with Gasteiger partial charge in [-0.1, -0.05) is 41.2 Å². The van der Waals surface area contributed by atoms with E-state index in [4.69, 9.17) is 9.51 Å². The summed E-state index contributed by atoms with van der Waals surface area (Å²) >= 11 is 3.22. The molecule has 0 spiro atoms. The highest BCUT2D eigenvalue weighted by molar-refractivity contribution is 7.98. The average Bonchev–Trinajstić information content (AvgIpc) is 3.24. The first kappa shape index (κ1) is 14.3. The van der Waals surface area contributed by atoms with Crippen molar-refractivity contribution < 1.29 is 4.52 Å². The van der Waals surface area contributed by atoms with Gasteiger partial charge in [-0.25, -0.2) is 9.97 Å². The smallest absolute Gasteiger partial charge is 0.237 e. The Labute approximate surface area is 140 Å². The molecule has 4 rings (SSSR count). The van der Waals surface area contributed by atoms with Crippen molar-refractivity contribution >= 4 is 34.0 Å². The molecule has 0 fully saturated rings. The lowest BCUT2D eigenvalue weighted by Gasteiger charge is -2.06. The summed E-state index contributed by atoms with van der Waals surface area (Å²) in [5.74, 6) is 2.59. The number of aryl methyl sites for hydroxylation is 1. The van der Waals surface area contributed by atoms with Gasteiger partial charge in [-0.15, -0.1) is 11.3 Å². The molecular weight excluding hydrogens is 328 g/mol. The number of benzene rings is 1. The highest BCUT2D eigenvalue weighted by Gasteiger charge is 2.12. The molecule has 1 aromatic carbocycles. The minimum absolute atomic E-state index is 0.589. The molecule has 5 nitrogen and oxygen atoms in total. The molecule has 7 heteroatoms. The fraction of sp³-hybridized carbons (Fsp3) is 0.125. The molecule has 3 heterocycles. The zero-order valence-electron chi connectivity index (χ0n) is 12.3. The van der Waals surface area contributed by atoms with E-state index in [2.05, 4.69) is 15.1 Å². The first-order valence-electron chi connectivity index (χ1n) is 7.02. The van der Waals surface area contributed by atoms with Crippen molar-refractivity contribution in [1.29, 1.82) is 0 Å². The first-order valence-corrected chi connectivity index (χ1v) is 8.89. The summed E-state index contributed by atoms with van der Waals surface area (Å²) in [6.45, 7) is 1.81. The van der Waals surface area contributed by atoms with Gasteiger partial charge in [0.25, 0.3) is 0 Å². The summed E-state index contributed by atoms with van der Waals surface area (Å²) in [6, 6.07) is 12.1. The molecule has 0 saturated heterocycles. The number of thioether (sulfide) groups is 1. The van der Waals surface area contributed by atoms with Crippen LogP contribution in [0.15, 0.2) is 51.3 Å². The molecule has 0 N–H and O–H groups in total. The summed E-state index contributed by atoms with van der Waals surface area (Å²) in [5.41, 5.74) is 0.940. The quantitative estimate of drug-likeness (QED) is 0.407. The fourth-order valence-corrected chi connectivity index (χ4v) is 3.72. The van der Waals surface area contributed by atoms with Gasteiger partial charge >= 0.3 is 0 Å². The molecule has 3 aromatic heterocycles. The maximum atomic E-state index is 5.18. The van der Waals surface area contributed by atoms with Crippen LogP contribution in [0.1, 0.15) is 11.7 Å². The Hall–Kier alpha value is -2.25. The van der Waals surface area contributed by atoms with Gasteiger partial charge in [0.05, 0.1) is 16.1 Å². The molecule has 0 aliphatic rings. The lowest BCUT2D eigenvalue weighted by Crippen LogP contribution is -1.93. The number of thiophene rings is 1. The Bertz CT molecular complexity index is 950. The molecule has 0 amide bonds. The second-order valence-electron chi connectivity index (χ2n) is 4.87. The number of para-hydroxylation sites is 1. The average molecular weight is 340 g/mol. The number of fused-ring (bicyclic) bond motifs is 1. The number of nitrogens with zero attached hydrogens (tertiary/aromatic N) is 4. The van der Waals surface area contributed by atoms with E-state index in [1.807, 2.05) is 48.7 Å². The third-order valence-electron chi connectivity index (χ3n) is 3.21. The Morgan fingerprint density at radius 2 is 2.00 bits per heavy atom. The summed E-state index contributed by atoms with van der Waals surface area (Å²) < 4.78 is 5.18. The first-order chi connectivity index (χ1) is 11.3. The summed E-state index contributed by atoms with van der Waals surface area (Å²) in [6.07, 6.45) is 0. The van der Waals surface area contributed by atoms with E-state index in [9.17, 15) is 0 Å². The summed E-state index contributed by atoms with van der Waals surface area (Å²) in [7, 11) is 0. The molecule has 114 valence electrons. The van der Waals surface area contributed by atoms with Crippen LogP contribution in [0.3, 0.4) is 0 Å². The van der Waals surface area contributed by atoms with Gasteiger partial charge in [-0.2, -0.15) is 4.98 Å². The maximum Gasteiger partial charge on any atom is 0.237 e. The lowest BCUT2D eigenvalue weighted by atomic mass is 10.2. The van der Waals surface area contributed by atoms with Crippen LogP contribution in [-0.2, 0) is 5.75 Å². The molecule has 0 saturated carbocycles. The van der Waals surface area contributed by atoms with Crippen LogP contribution in [0.2, 0.25) is 0 Å². The van der Waals surface area contributed by atoms with E-state index in [1.54, 1.807) is 23.1 Å². The van der Waals surface area contributed by atoms with Gasteiger partial charge in [-0.3, -0.25) is 0 Å². The maximum absolute atomic E-state index is 5.18. The minimum Gasteiger partial charge on any atom is -0.338 e. The van der Waals surface area contributed by atoms with E-state index in [0.717, 1.165) is 26.6 Å². The number of rotatable bonds is 4. The Balaban J connectivity index is 1.74. The minimum atomic E-state index is 0.589. The van der Waals surface area contributed by atoms with Crippen LogP contribution in [0.25, 0.3) is 21.6 Å². The second kappa shape index (κ2) is 6.10. The van der Waals surface area contributed by atoms with Crippen molar-refractivity contribution in [3.05, 3.63) is 53.5 Å². The van der Waals surface area contributed by atoms with Crippen molar-refractivity contribution in [2.75, 3.05) is 0 Å². The van der Waals surface area contributed by atoms with Crippen molar-refractivity contribution in [3.63, 3.8) is 0 Å². The predicted octanol–water partition coefficient (Wildman–Crippen LogP) is 4.34. The van der Waals surface area contributed by atoms with Gasteiger partial charge in [0.2, 0.25) is 5.89 Å². The second-order valence-corrected chi connectivity index (χ2v) is 6.78. The van der Waals surface area contributed by atoms with Crippen LogP contribution in [0.5, 0.6) is 0 Å². The van der Waals surface area contributed by atoms with Gasteiger partial charge in [0.15, 0.2) is 11.6 Å². The topological polar surface area (TPSA) is 64.7 Å². The standard InChI is InChI=1S/C16H12N4OS2/c1-10-17-14(21-20-10)9-23-16-11-5-2-3-6-12(11)18-15(19-16)13-7-4-8-22-13/h2-8H,9H2,1H3. The van der Waals surface area contributed by atoms with Crippen molar-refractivity contribution in [2.45, 2.75) is 17.7 Å². The number of aromatic nitrogens is 4. The van der Waals surface area contributed by atoms with Gasteiger partial charge < -0.3 is 4.52 Å². The van der Waals surface area contributed by atoms with E-state index < -0.39 is 0 Å². The van der Waals surface area contributed by atoms with Crippen LogP contribution in [0, 0.1) is 6.92 Å². The van der Waals surface area contributed by atoms with Gasteiger partial charge in [0.1, 0.15) is 5.03 Å². The molecule has 0 aliphatic carbocycles. The van der Waals surface area contributed by atoms with E-state index in [-0.39, 0.29) is 0 Å². The van der Waals surface area contributed by atoms with Crippen LogP contribution < -0.4 is 0 Å². The van der Waals surface area contributed by atoms with Crippen molar-refractivity contribution in [3.8, 4) is 10.7 Å². The third-order valence-corrected chi connectivity index (χ3v) is 5.05. The van der Waals surface area contributed by atoms with Crippen LogP contribution in [-0.4, -0.2) is 20.1 Å². The molecule has 0 bridgehead atoms. The summed E-state index contributed by atoms with van der Waals surface area (Å²) in [4.78, 5) is 14.7. The lowest BCUT2D eigenvalue weighted by molar-refractivity contribution is 0.387. The summed E-state index contributed by atoms with van der Waals surface area (Å²) in [5, 5.41) is 7.81. The normalized spacial score (nSPS) is 11.2. The Kier molecular flexibility index (Phi) is 3.80. The molecule has 0 radical (unpaired) electrons. The predicted molar refractivity (Wildman–Crippen MR) is 91.4 cm³/mol. The number of hydrogen-bond acceptors (Lipinski definition) is 7. The van der Waals surface area contributed by atoms with E-state index >= 15 is 0 Å². The largest absolute Gasteiger partial charge is 0.338 e. The zero-order valence-corrected chi connectivity index (χ0v) is 13.9. The van der Waals surface area contributed by atoms with Gasteiger partial charge in [0, 0.05) is 5.39 Å². The molecule has 0 aliphatic heterocycles. The molecule has 0 unspecified atom stereocenters. The molecule has 23 heavy (non-hydrogen) atoms. The molecule has 4 aromatic rings. The third kappa shape index (κ3) is 2.97. The van der Waals surface area contributed by atoms with Crippen molar-refractivity contribution in [2.24, 2.45) is 0 Å². The Morgan fingerprint density at radius 3 is 2.78 bits per heavy atom. The van der Waals surface area contributed by atoms with Gasteiger partial charge in [-0.05, 0) is 24.4 Å². The molecular formula is C16H12N4OS2. The van der Waals surface area contributed by atoms with E-state index in [1.165, 1.54) is 0 Å². The zero-order chi connectivity index (χ0) is 15.6. The highest BCUT2D eigenvalue weighted by Crippen LogP contribution is 2.31. The Morgan fingerprint density at radius 1 is 1.09 bits per heavy atom. The highest BCUT2D eigenvalue weighted by atomic mass is 32.2. The van der Waals surface area contributed by atoms with Crippen molar-refractivity contribution in [1.82, 2.24) is 20.1 Å². The monoisotopic (exact) mass is 340 g/mol. The SMILES string of the molecule is Cc1noc(CSc2nc(-c3cccs3)nc3ccccc23)n1.